The summed E-state index contributed by atoms with van der Waals surface area (Å²) >= 11 is 0. The molecule has 18 heavy (non-hydrogen) atoms. The summed E-state index contributed by atoms with van der Waals surface area (Å²) in [5.41, 5.74) is -1.54. The summed E-state index contributed by atoms with van der Waals surface area (Å²) in [5, 5.41) is 20.4. The molecule has 0 amide bonds. The highest BCUT2D eigenvalue weighted by Gasteiger charge is 2.40. The zero-order valence-corrected chi connectivity index (χ0v) is 9.78. The number of esters is 1. The van der Waals surface area contributed by atoms with E-state index in [-0.39, 0.29) is 0 Å². The van der Waals surface area contributed by atoms with Crippen LogP contribution in [0.4, 0.5) is 0 Å². The largest absolute Gasteiger partial charge is 0.466 e. The van der Waals surface area contributed by atoms with Crippen LogP contribution in [0.3, 0.4) is 0 Å². The average molecular weight is 251 g/mol. The first-order valence-corrected chi connectivity index (χ1v) is 5.15. The number of methoxy groups -OCH3 is 1. The van der Waals surface area contributed by atoms with Crippen molar-refractivity contribution in [2.75, 3.05) is 13.7 Å². The Morgan fingerprint density at radius 3 is 2.61 bits per heavy atom. The second kappa shape index (κ2) is 5.92. The number of hydrogen-bond acceptors (Lipinski definition) is 5. The van der Waals surface area contributed by atoms with Gasteiger partial charge in [0.2, 0.25) is 12.1 Å². The van der Waals surface area contributed by atoms with E-state index in [4.69, 9.17) is 0 Å². The van der Waals surface area contributed by atoms with Crippen LogP contribution in [0.1, 0.15) is 5.56 Å². The molecule has 0 saturated heterocycles. The third-order valence-corrected chi connectivity index (χ3v) is 2.26. The maximum absolute atomic E-state index is 11.4. The highest BCUT2D eigenvalue weighted by molar-refractivity contribution is 5.83. The third-order valence-electron chi connectivity index (χ3n) is 2.26. The molecular formula is C12H13NO5. The molecular weight excluding hydrogens is 238 g/mol. The Labute approximate surface area is 104 Å². The molecule has 0 heterocycles. The lowest BCUT2D eigenvalue weighted by Gasteiger charge is -2.16. The summed E-state index contributed by atoms with van der Waals surface area (Å²) in [7, 11) is 1.06. The topological polar surface area (TPSA) is 89.7 Å². The Balaban J connectivity index is 2.95. The van der Waals surface area contributed by atoms with E-state index >= 15 is 0 Å². The van der Waals surface area contributed by atoms with Crippen molar-refractivity contribution in [1.82, 2.24) is 0 Å². The van der Waals surface area contributed by atoms with Gasteiger partial charge >= 0.3 is 5.97 Å². The summed E-state index contributed by atoms with van der Waals surface area (Å²) in [6.45, 7) is -0.941. The van der Waals surface area contributed by atoms with E-state index in [0.29, 0.717) is 5.56 Å². The zero-order valence-electron chi connectivity index (χ0n) is 9.78. The quantitative estimate of drug-likeness (QED) is 0.476. The molecule has 0 aromatic heterocycles. The van der Waals surface area contributed by atoms with Gasteiger partial charge in [0.25, 0.3) is 0 Å². The summed E-state index contributed by atoms with van der Waals surface area (Å²) in [5.74, 6) is -1.06. The predicted octanol–water partition coefficient (Wildman–Crippen LogP) is 0.881. The minimum Gasteiger partial charge on any atom is -0.466 e. The van der Waals surface area contributed by atoms with Crippen LogP contribution in [-0.2, 0) is 9.53 Å². The molecule has 0 spiro atoms. The first-order chi connectivity index (χ1) is 8.48. The Bertz CT molecular complexity index is 457. The summed E-state index contributed by atoms with van der Waals surface area (Å²) in [6, 6.07) is 8.82. The van der Waals surface area contributed by atoms with Gasteiger partial charge in [-0.1, -0.05) is 36.4 Å². The maximum atomic E-state index is 11.4. The van der Waals surface area contributed by atoms with Gasteiger partial charge in [-0.15, -0.1) is 0 Å². The summed E-state index contributed by atoms with van der Waals surface area (Å²) in [4.78, 5) is 21.0. The fourth-order valence-electron chi connectivity index (χ4n) is 1.36. The van der Waals surface area contributed by atoms with Crippen molar-refractivity contribution < 1.29 is 19.6 Å². The Morgan fingerprint density at radius 2 is 2.11 bits per heavy atom. The minimum absolute atomic E-state index is 0.711. The number of ether oxygens (including phenoxy) is 1. The van der Waals surface area contributed by atoms with E-state index in [1.807, 2.05) is 0 Å². The van der Waals surface area contributed by atoms with Gasteiger partial charge in [-0.25, -0.2) is 4.79 Å². The van der Waals surface area contributed by atoms with Crippen molar-refractivity contribution in [1.29, 1.82) is 0 Å². The molecule has 1 rings (SSSR count). The van der Waals surface area contributed by atoms with Gasteiger partial charge < -0.3 is 9.84 Å². The summed E-state index contributed by atoms with van der Waals surface area (Å²) in [6.07, 6.45) is 2.50. The van der Waals surface area contributed by atoms with E-state index in [9.17, 15) is 20.0 Å². The van der Waals surface area contributed by atoms with Crippen molar-refractivity contribution in [2.45, 2.75) is 5.60 Å². The number of nitro groups is 1. The van der Waals surface area contributed by atoms with Crippen molar-refractivity contribution in [2.24, 2.45) is 0 Å². The molecule has 0 bridgehead atoms. The molecule has 0 saturated carbocycles. The number of aliphatic hydroxyl groups is 1. The highest BCUT2D eigenvalue weighted by Crippen LogP contribution is 2.13. The second-order valence-corrected chi connectivity index (χ2v) is 3.65. The Morgan fingerprint density at radius 1 is 1.50 bits per heavy atom. The molecule has 1 unspecified atom stereocenters. The second-order valence-electron chi connectivity index (χ2n) is 3.65. The Hall–Kier alpha value is -2.21. The van der Waals surface area contributed by atoms with E-state index in [1.165, 1.54) is 6.08 Å². The monoisotopic (exact) mass is 251 g/mol. The van der Waals surface area contributed by atoms with Crippen LogP contribution in [0.2, 0.25) is 0 Å². The van der Waals surface area contributed by atoms with Crippen molar-refractivity contribution in [3.8, 4) is 0 Å². The Kier molecular flexibility index (Phi) is 4.56. The first-order valence-electron chi connectivity index (χ1n) is 5.15. The van der Waals surface area contributed by atoms with Crippen molar-refractivity contribution in [3.05, 3.63) is 52.1 Å². The van der Waals surface area contributed by atoms with Gasteiger partial charge in [-0.2, -0.15) is 0 Å². The average Bonchev–Trinajstić information content (AvgIpc) is 2.36. The fourth-order valence-corrected chi connectivity index (χ4v) is 1.36. The SMILES string of the molecule is COC(=O)C(O)(/C=C/c1ccccc1)C[N+](=O)[O-]. The molecule has 1 N–H and O–H groups in total. The lowest BCUT2D eigenvalue weighted by atomic mass is 10.0. The molecule has 0 aliphatic rings. The fraction of sp³-hybridized carbons (Fsp3) is 0.250. The molecule has 0 radical (unpaired) electrons. The van der Waals surface area contributed by atoms with E-state index < -0.39 is 23.0 Å². The van der Waals surface area contributed by atoms with Crippen LogP contribution >= 0.6 is 0 Å². The summed E-state index contributed by atoms with van der Waals surface area (Å²) < 4.78 is 4.36. The van der Waals surface area contributed by atoms with E-state index in [2.05, 4.69) is 4.74 Å². The smallest absolute Gasteiger partial charge is 0.349 e. The van der Waals surface area contributed by atoms with Crippen molar-refractivity contribution in [3.63, 3.8) is 0 Å². The zero-order chi connectivity index (χ0) is 13.6. The van der Waals surface area contributed by atoms with Crippen LogP contribution in [0.25, 0.3) is 6.08 Å². The van der Waals surface area contributed by atoms with Crippen LogP contribution in [0.5, 0.6) is 0 Å². The molecule has 1 atom stereocenters. The number of carbonyl (C=O) groups is 1. The van der Waals surface area contributed by atoms with Crippen molar-refractivity contribution >= 4 is 12.0 Å². The molecule has 1 aromatic carbocycles. The molecule has 0 aliphatic heterocycles. The predicted molar refractivity (Wildman–Crippen MR) is 64.3 cm³/mol. The van der Waals surface area contributed by atoms with Gasteiger partial charge in [0.1, 0.15) is 0 Å². The van der Waals surface area contributed by atoms with Gasteiger partial charge in [-0.3, -0.25) is 10.1 Å². The van der Waals surface area contributed by atoms with Gasteiger partial charge in [-0.05, 0) is 11.6 Å². The molecule has 1 aromatic rings. The molecule has 6 nitrogen and oxygen atoms in total. The number of carbonyl (C=O) groups excluding carboxylic acids is 1. The normalized spacial score (nSPS) is 14.1. The van der Waals surface area contributed by atoms with Gasteiger partial charge in [0.05, 0.1) is 7.11 Å². The van der Waals surface area contributed by atoms with Crippen LogP contribution < -0.4 is 0 Å². The lowest BCUT2D eigenvalue weighted by Crippen LogP contribution is -2.44. The van der Waals surface area contributed by atoms with Crippen LogP contribution in [0.15, 0.2) is 36.4 Å². The molecule has 0 aliphatic carbocycles. The van der Waals surface area contributed by atoms with E-state index in [0.717, 1.165) is 13.2 Å². The minimum atomic E-state index is -2.26. The number of benzene rings is 1. The van der Waals surface area contributed by atoms with E-state index in [1.54, 1.807) is 30.3 Å². The van der Waals surface area contributed by atoms with Crippen LogP contribution in [0, 0.1) is 10.1 Å². The maximum Gasteiger partial charge on any atom is 0.349 e. The number of rotatable bonds is 5. The highest BCUT2D eigenvalue weighted by atomic mass is 16.6. The first kappa shape index (κ1) is 13.9. The third kappa shape index (κ3) is 3.67. The van der Waals surface area contributed by atoms with Gasteiger partial charge in [0.15, 0.2) is 0 Å². The standard InChI is InChI=1S/C12H13NO5/c1-18-11(14)12(15,9-13(16)17)8-7-10-5-3-2-4-6-10/h2-8,15H,9H2,1H3/b8-7+. The number of nitrogens with zero attached hydrogens (tertiary/aromatic N) is 1. The molecule has 96 valence electrons. The lowest BCUT2D eigenvalue weighted by molar-refractivity contribution is -0.494. The molecule has 6 heteroatoms. The molecule has 0 fully saturated rings. The van der Waals surface area contributed by atoms with Crippen LogP contribution in [-0.4, -0.2) is 35.3 Å². The number of hydrogen-bond donors (Lipinski definition) is 1. The van der Waals surface area contributed by atoms with Gasteiger partial charge in [0, 0.05) is 4.92 Å².